The Morgan fingerprint density at radius 2 is 1.88 bits per heavy atom. The van der Waals surface area contributed by atoms with Crippen LogP contribution in [0, 0.1) is 5.82 Å². The van der Waals surface area contributed by atoms with E-state index in [-0.39, 0.29) is 11.7 Å². The van der Waals surface area contributed by atoms with Gasteiger partial charge in [-0.3, -0.25) is 14.3 Å². The van der Waals surface area contributed by atoms with Crippen LogP contribution in [0.1, 0.15) is 16.1 Å². The van der Waals surface area contributed by atoms with Gasteiger partial charge in [-0.25, -0.2) is 9.37 Å². The van der Waals surface area contributed by atoms with Crippen LogP contribution in [0.15, 0.2) is 53.6 Å². The summed E-state index contributed by atoms with van der Waals surface area (Å²) in [5.74, 6) is -0.342. The fourth-order valence-corrected chi connectivity index (χ4v) is 3.83. The molecule has 0 saturated carbocycles. The van der Waals surface area contributed by atoms with Gasteiger partial charge in [-0.2, -0.15) is 11.3 Å². The molecule has 3 aromatic rings. The minimum absolute atomic E-state index is 0.0398. The van der Waals surface area contributed by atoms with Crippen molar-refractivity contribution in [3.05, 3.63) is 70.7 Å². The van der Waals surface area contributed by atoms with Crippen molar-refractivity contribution >= 4 is 17.2 Å². The monoisotopic (exact) mass is 370 g/mol. The van der Waals surface area contributed by atoms with E-state index in [0.29, 0.717) is 18.8 Å². The van der Waals surface area contributed by atoms with Crippen molar-refractivity contribution in [2.24, 2.45) is 0 Å². The summed E-state index contributed by atoms with van der Waals surface area (Å²) in [5, 5.41) is 4.25. The summed E-state index contributed by atoms with van der Waals surface area (Å²) in [6.07, 6.45) is 3.16. The topological polar surface area (TPSA) is 41.4 Å². The third kappa shape index (κ3) is 3.54. The Bertz CT molecular complexity index is 867. The molecule has 1 aliphatic heterocycles. The van der Waals surface area contributed by atoms with Gasteiger partial charge in [-0.05, 0) is 46.7 Å². The van der Waals surface area contributed by atoms with Crippen LogP contribution in [0.3, 0.4) is 0 Å². The summed E-state index contributed by atoms with van der Waals surface area (Å²) < 4.78 is 14.9. The predicted octanol–water partition coefficient (Wildman–Crippen LogP) is 3.03. The maximum atomic E-state index is 13.1. The molecule has 7 heteroatoms. The van der Waals surface area contributed by atoms with Crippen molar-refractivity contribution in [3.8, 4) is 5.69 Å². The molecular formula is C19H19FN4OS. The first-order valence-electron chi connectivity index (χ1n) is 8.52. The zero-order valence-electron chi connectivity index (χ0n) is 14.2. The Kier molecular flexibility index (Phi) is 4.81. The maximum Gasteiger partial charge on any atom is 0.272 e. The molecule has 0 bridgehead atoms. The highest BCUT2D eigenvalue weighted by Crippen LogP contribution is 2.16. The summed E-state index contributed by atoms with van der Waals surface area (Å²) >= 11 is 1.71. The van der Waals surface area contributed by atoms with Crippen LogP contribution in [0.4, 0.5) is 4.39 Å². The van der Waals surface area contributed by atoms with E-state index in [1.54, 1.807) is 40.6 Å². The smallest absolute Gasteiger partial charge is 0.272 e. The van der Waals surface area contributed by atoms with E-state index in [4.69, 9.17) is 0 Å². The number of piperazine rings is 1. The van der Waals surface area contributed by atoms with E-state index in [1.165, 1.54) is 17.7 Å². The number of benzene rings is 1. The first-order valence-corrected chi connectivity index (χ1v) is 9.46. The molecule has 26 heavy (non-hydrogen) atoms. The predicted molar refractivity (Wildman–Crippen MR) is 99.0 cm³/mol. The lowest BCUT2D eigenvalue weighted by Crippen LogP contribution is -2.48. The molecule has 0 N–H and O–H groups in total. The van der Waals surface area contributed by atoms with Crippen molar-refractivity contribution < 1.29 is 9.18 Å². The minimum Gasteiger partial charge on any atom is -0.335 e. The first-order chi connectivity index (χ1) is 12.7. The number of aromatic nitrogens is 2. The Balaban J connectivity index is 1.43. The molecule has 134 valence electrons. The van der Waals surface area contributed by atoms with Gasteiger partial charge in [0, 0.05) is 38.4 Å². The van der Waals surface area contributed by atoms with E-state index in [9.17, 15) is 9.18 Å². The molecule has 0 radical (unpaired) electrons. The average Bonchev–Trinajstić information content (AvgIpc) is 3.34. The SMILES string of the molecule is O=C(c1cncn1-c1ccc(F)cc1)N1CCN(Cc2ccsc2)CC1. The minimum atomic E-state index is -0.302. The normalized spacial score (nSPS) is 15.3. The number of carbonyl (C=O) groups is 1. The molecule has 0 unspecified atom stereocenters. The summed E-state index contributed by atoms with van der Waals surface area (Å²) in [4.78, 5) is 21.3. The third-order valence-corrected chi connectivity index (χ3v) is 5.34. The Hall–Kier alpha value is -2.51. The number of halogens is 1. The number of rotatable bonds is 4. The summed E-state index contributed by atoms with van der Waals surface area (Å²) in [6.45, 7) is 4.02. The van der Waals surface area contributed by atoms with E-state index < -0.39 is 0 Å². The van der Waals surface area contributed by atoms with Gasteiger partial charge < -0.3 is 4.90 Å². The van der Waals surface area contributed by atoms with Crippen LogP contribution >= 0.6 is 11.3 Å². The van der Waals surface area contributed by atoms with Gasteiger partial charge in [0.2, 0.25) is 0 Å². The second-order valence-corrected chi connectivity index (χ2v) is 7.11. The highest BCUT2D eigenvalue weighted by atomic mass is 32.1. The van der Waals surface area contributed by atoms with Crippen LogP contribution in [0.2, 0.25) is 0 Å². The molecule has 1 saturated heterocycles. The molecule has 5 nitrogen and oxygen atoms in total. The number of thiophene rings is 1. The van der Waals surface area contributed by atoms with Crippen LogP contribution in [-0.4, -0.2) is 51.4 Å². The number of hydrogen-bond donors (Lipinski definition) is 0. The van der Waals surface area contributed by atoms with Gasteiger partial charge in [-0.15, -0.1) is 0 Å². The van der Waals surface area contributed by atoms with Crippen LogP contribution in [0.25, 0.3) is 5.69 Å². The van der Waals surface area contributed by atoms with Crippen molar-refractivity contribution in [3.63, 3.8) is 0 Å². The van der Waals surface area contributed by atoms with Crippen molar-refractivity contribution in [1.29, 1.82) is 0 Å². The van der Waals surface area contributed by atoms with Crippen molar-refractivity contribution in [1.82, 2.24) is 19.4 Å². The van der Waals surface area contributed by atoms with Gasteiger partial charge in [0.1, 0.15) is 11.5 Å². The molecule has 0 aliphatic carbocycles. The average molecular weight is 370 g/mol. The molecule has 1 aliphatic rings. The zero-order chi connectivity index (χ0) is 17.9. The van der Waals surface area contributed by atoms with Gasteiger partial charge in [-0.1, -0.05) is 0 Å². The molecule has 1 fully saturated rings. The van der Waals surface area contributed by atoms with E-state index in [2.05, 4.69) is 26.7 Å². The van der Waals surface area contributed by atoms with Crippen molar-refractivity contribution in [2.75, 3.05) is 26.2 Å². The third-order valence-electron chi connectivity index (χ3n) is 4.61. The van der Waals surface area contributed by atoms with Crippen LogP contribution < -0.4 is 0 Å². The molecule has 1 amide bonds. The molecular weight excluding hydrogens is 351 g/mol. The molecule has 1 aromatic carbocycles. The van der Waals surface area contributed by atoms with E-state index in [0.717, 1.165) is 25.3 Å². The van der Waals surface area contributed by atoms with Crippen molar-refractivity contribution in [2.45, 2.75) is 6.54 Å². The maximum absolute atomic E-state index is 13.1. The Morgan fingerprint density at radius 3 is 2.58 bits per heavy atom. The fraction of sp³-hybridized carbons (Fsp3) is 0.263. The van der Waals surface area contributed by atoms with E-state index in [1.807, 2.05) is 4.90 Å². The Morgan fingerprint density at radius 1 is 1.12 bits per heavy atom. The van der Waals surface area contributed by atoms with Gasteiger partial charge in [0.15, 0.2) is 0 Å². The van der Waals surface area contributed by atoms with E-state index >= 15 is 0 Å². The second-order valence-electron chi connectivity index (χ2n) is 6.33. The molecule has 0 atom stereocenters. The zero-order valence-corrected chi connectivity index (χ0v) is 15.0. The quantitative estimate of drug-likeness (QED) is 0.709. The lowest BCUT2D eigenvalue weighted by Gasteiger charge is -2.34. The van der Waals surface area contributed by atoms with Gasteiger partial charge in [0.25, 0.3) is 5.91 Å². The lowest BCUT2D eigenvalue weighted by atomic mass is 10.2. The second kappa shape index (κ2) is 7.39. The fourth-order valence-electron chi connectivity index (χ4n) is 3.17. The lowest BCUT2D eigenvalue weighted by molar-refractivity contribution is 0.0621. The largest absolute Gasteiger partial charge is 0.335 e. The van der Waals surface area contributed by atoms with Crippen LogP contribution in [0.5, 0.6) is 0 Å². The van der Waals surface area contributed by atoms with Gasteiger partial charge in [0.05, 0.1) is 12.5 Å². The standard InChI is InChI=1S/C19H19FN4OS/c20-16-1-3-17(4-2-16)24-14-21-11-18(24)19(25)23-8-6-22(7-9-23)12-15-5-10-26-13-15/h1-5,10-11,13-14H,6-9,12H2. The molecule has 2 aromatic heterocycles. The number of hydrogen-bond acceptors (Lipinski definition) is 4. The number of carbonyl (C=O) groups excluding carboxylic acids is 1. The summed E-state index contributed by atoms with van der Waals surface area (Å²) in [6, 6.07) is 8.20. The first kappa shape index (κ1) is 16.9. The number of imidazole rings is 1. The molecule has 4 rings (SSSR count). The number of nitrogens with zero attached hydrogens (tertiary/aromatic N) is 4. The van der Waals surface area contributed by atoms with Crippen LogP contribution in [-0.2, 0) is 6.54 Å². The summed E-state index contributed by atoms with van der Waals surface area (Å²) in [5.41, 5.74) is 2.55. The number of amides is 1. The molecule has 0 spiro atoms. The van der Waals surface area contributed by atoms with Gasteiger partial charge >= 0.3 is 0 Å². The summed E-state index contributed by atoms with van der Waals surface area (Å²) in [7, 11) is 0. The highest BCUT2D eigenvalue weighted by Gasteiger charge is 2.24. The highest BCUT2D eigenvalue weighted by molar-refractivity contribution is 7.07. The molecule has 3 heterocycles. The Labute approximate surface area is 155 Å².